The van der Waals surface area contributed by atoms with E-state index in [1.54, 1.807) is 7.11 Å². The van der Waals surface area contributed by atoms with Crippen LogP contribution < -0.4 is 4.74 Å². The van der Waals surface area contributed by atoms with Gasteiger partial charge in [-0.25, -0.2) is 0 Å². The molecule has 5 rings (SSSR count). The Balaban J connectivity index is 1.53. The molecule has 1 aromatic carbocycles. The second kappa shape index (κ2) is 7.35. The standard InChI is InChI=1S/C27H32O2/c1-27-15-5-7-24(27)23-13-11-19-16-21(28)12-14-22(19)26(23)20(17-27)10-9-18-6-3-4-8-25(18)29-2/h3-4,6,8,16,20,22-24,26H,5,7,11-15,17H2,1-2H3/t20-,22-,23-,24-,26+,27-/m0/s1. The molecular formula is C27H32O2. The van der Waals surface area contributed by atoms with Crippen molar-refractivity contribution >= 4 is 5.78 Å². The number of benzene rings is 1. The number of carbonyl (C=O) groups excluding carboxylic acids is 1. The zero-order valence-corrected chi connectivity index (χ0v) is 17.7. The number of methoxy groups -OCH3 is 1. The van der Waals surface area contributed by atoms with E-state index < -0.39 is 0 Å². The van der Waals surface area contributed by atoms with Crippen LogP contribution in [-0.4, -0.2) is 12.9 Å². The van der Waals surface area contributed by atoms with Gasteiger partial charge in [0.05, 0.1) is 12.7 Å². The summed E-state index contributed by atoms with van der Waals surface area (Å²) in [6.07, 6.45) is 11.5. The van der Waals surface area contributed by atoms with Crippen molar-refractivity contribution in [2.45, 2.75) is 58.3 Å². The van der Waals surface area contributed by atoms with E-state index in [4.69, 9.17) is 4.74 Å². The molecule has 4 aliphatic carbocycles. The minimum absolute atomic E-state index is 0.341. The summed E-state index contributed by atoms with van der Waals surface area (Å²) in [6.45, 7) is 2.54. The minimum atomic E-state index is 0.341. The summed E-state index contributed by atoms with van der Waals surface area (Å²) >= 11 is 0. The van der Waals surface area contributed by atoms with Gasteiger partial charge in [0.1, 0.15) is 5.75 Å². The van der Waals surface area contributed by atoms with E-state index >= 15 is 0 Å². The summed E-state index contributed by atoms with van der Waals surface area (Å²) in [7, 11) is 1.72. The zero-order chi connectivity index (χ0) is 20.0. The molecule has 0 aliphatic heterocycles. The molecule has 0 bridgehead atoms. The van der Waals surface area contributed by atoms with Crippen LogP contribution in [0.2, 0.25) is 0 Å². The van der Waals surface area contributed by atoms with Gasteiger partial charge in [-0.2, -0.15) is 0 Å². The number of allylic oxidation sites excluding steroid dienone is 1. The molecule has 2 heteroatoms. The zero-order valence-electron chi connectivity index (χ0n) is 17.7. The van der Waals surface area contributed by atoms with Gasteiger partial charge in [0.15, 0.2) is 5.78 Å². The number of hydrogen-bond acceptors (Lipinski definition) is 2. The van der Waals surface area contributed by atoms with Gasteiger partial charge in [-0.3, -0.25) is 4.79 Å². The fourth-order valence-electron chi connectivity index (χ4n) is 7.39. The Morgan fingerprint density at radius 3 is 2.86 bits per heavy atom. The van der Waals surface area contributed by atoms with Crippen molar-refractivity contribution < 1.29 is 9.53 Å². The lowest BCUT2D eigenvalue weighted by Crippen LogP contribution is -2.48. The topological polar surface area (TPSA) is 26.3 Å². The number of carbonyl (C=O) groups is 1. The van der Waals surface area contributed by atoms with Gasteiger partial charge in [0, 0.05) is 12.3 Å². The molecule has 4 aliphatic rings. The van der Waals surface area contributed by atoms with Crippen LogP contribution in [0, 0.1) is 46.8 Å². The van der Waals surface area contributed by atoms with Gasteiger partial charge < -0.3 is 4.74 Å². The van der Waals surface area contributed by atoms with E-state index in [1.807, 2.05) is 24.3 Å². The molecule has 29 heavy (non-hydrogen) atoms. The summed E-state index contributed by atoms with van der Waals surface area (Å²) in [4.78, 5) is 12.1. The number of fused-ring (bicyclic) bond motifs is 5. The summed E-state index contributed by atoms with van der Waals surface area (Å²) in [6, 6.07) is 8.11. The van der Waals surface area contributed by atoms with E-state index in [0.717, 1.165) is 42.4 Å². The quantitative estimate of drug-likeness (QED) is 0.568. The number of hydrogen-bond donors (Lipinski definition) is 0. The predicted molar refractivity (Wildman–Crippen MR) is 115 cm³/mol. The number of rotatable bonds is 1. The highest BCUT2D eigenvalue weighted by atomic mass is 16.5. The van der Waals surface area contributed by atoms with E-state index in [-0.39, 0.29) is 0 Å². The van der Waals surface area contributed by atoms with Crippen molar-refractivity contribution in [2.24, 2.45) is 35.0 Å². The highest BCUT2D eigenvalue weighted by Crippen LogP contribution is 2.63. The van der Waals surface area contributed by atoms with Gasteiger partial charge in [0.2, 0.25) is 0 Å². The summed E-state index contributed by atoms with van der Waals surface area (Å²) < 4.78 is 5.53. The molecule has 0 N–H and O–H groups in total. The molecule has 0 amide bonds. The molecule has 1 aromatic rings. The van der Waals surface area contributed by atoms with Crippen LogP contribution in [-0.2, 0) is 4.79 Å². The van der Waals surface area contributed by atoms with Gasteiger partial charge in [0.25, 0.3) is 0 Å². The van der Waals surface area contributed by atoms with Crippen molar-refractivity contribution in [1.29, 1.82) is 0 Å². The molecule has 152 valence electrons. The lowest BCUT2D eigenvalue weighted by Gasteiger charge is -2.55. The first-order valence-corrected chi connectivity index (χ1v) is 11.5. The molecule has 2 nitrogen and oxygen atoms in total. The normalized spacial score (nSPS) is 38.1. The highest BCUT2D eigenvalue weighted by Gasteiger charge is 2.55. The van der Waals surface area contributed by atoms with Crippen molar-refractivity contribution in [3.8, 4) is 17.6 Å². The summed E-state index contributed by atoms with van der Waals surface area (Å²) in [5.41, 5.74) is 2.89. The van der Waals surface area contributed by atoms with E-state index in [0.29, 0.717) is 29.0 Å². The Kier molecular flexibility index (Phi) is 4.81. The van der Waals surface area contributed by atoms with Crippen LogP contribution in [0.3, 0.4) is 0 Å². The lowest BCUT2D eigenvalue weighted by atomic mass is 9.49. The molecule has 0 spiro atoms. The van der Waals surface area contributed by atoms with Gasteiger partial charge in [-0.1, -0.05) is 42.9 Å². The maximum absolute atomic E-state index is 12.1. The molecule has 0 unspecified atom stereocenters. The number of para-hydroxylation sites is 1. The molecule has 0 heterocycles. The molecule has 3 saturated carbocycles. The maximum Gasteiger partial charge on any atom is 0.155 e. The predicted octanol–water partition coefficient (Wildman–Crippen LogP) is 5.80. The Hall–Kier alpha value is -2.01. The Morgan fingerprint density at radius 2 is 2.00 bits per heavy atom. The minimum Gasteiger partial charge on any atom is -0.495 e. The first-order valence-electron chi connectivity index (χ1n) is 11.5. The van der Waals surface area contributed by atoms with E-state index in [1.165, 1.54) is 37.7 Å². The average Bonchev–Trinajstić information content (AvgIpc) is 3.13. The molecular weight excluding hydrogens is 356 g/mol. The third-order valence-corrected chi connectivity index (χ3v) is 8.57. The third-order valence-electron chi connectivity index (χ3n) is 8.57. The Bertz CT molecular complexity index is 901. The van der Waals surface area contributed by atoms with Crippen LogP contribution in [0.4, 0.5) is 0 Å². The second-order valence-electron chi connectivity index (χ2n) is 10.0. The highest BCUT2D eigenvalue weighted by molar-refractivity contribution is 5.91. The molecule has 3 fully saturated rings. The third kappa shape index (κ3) is 3.24. The van der Waals surface area contributed by atoms with Crippen LogP contribution in [0.1, 0.15) is 63.9 Å². The van der Waals surface area contributed by atoms with Crippen LogP contribution >= 0.6 is 0 Å². The molecule has 6 atom stereocenters. The second-order valence-corrected chi connectivity index (χ2v) is 10.0. The average molecular weight is 389 g/mol. The first-order chi connectivity index (χ1) is 14.1. The first kappa shape index (κ1) is 19.0. The monoisotopic (exact) mass is 388 g/mol. The van der Waals surface area contributed by atoms with Crippen LogP contribution in [0.25, 0.3) is 0 Å². The fourth-order valence-corrected chi connectivity index (χ4v) is 7.39. The molecule has 0 aromatic heterocycles. The number of ketones is 1. The van der Waals surface area contributed by atoms with E-state index in [9.17, 15) is 4.79 Å². The van der Waals surface area contributed by atoms with Crippen molar-refractivity contribution in [3.05, 3.63) is 41.5 Å². The van der Waals surface area contributed by atoms with Crippen molar-refractivity contribution in [1.82, 2.24) is 0 Å². The fraction of sp³-hybridized carbons (Fsp3) is 0.593. The van der Waals surface area contributed by atoms with Crippen molar-refractivity contribution in [3.63, 3.8) is 0 Å². The Labute approximate surface area is 175 Å². The SMILES string of the molecule is COc1ccccc1C#C[C@H]1C[C@]2(C)CCC[C@H]2[C@@H]2CCC3=CC(=O)CC[C@@H]3[C@H]21. The van der Waals surface area contributed by atoms with Crippen LogP contribution in [0.15, 0.2) is 35.9 Å². The maximum atomic E-state index is 12.1. The van der Waals surface area contributed by atoms with Crippen LogP contribution in [0.5, 0.6) is 5.75 Å². The largest absolute Gasteiger partial charge is 0.495 e. The Morgan fingerprint density at radius 1 is 1.14 bits per heavy atom. The molecule has 0 radical (unpaired) electrons. The molecule has 0 saturated heterocycles. The lowest BCUT2D eigenvalue weighted by molar-refractivity contribution is -0.116. The summed E-state index contributed by atoms with van der Waals surface area (Å²) in [5, 5.41) is 0. The smallest absolute Gasteiger partial charge is 0.155 e. The van der Waals surface area contributed by atoms with Gasteiger partial charge in [-0.05, 0) is 85.8 Å². The van der Waals surface area contributed by atoms with E-state index in [2.05, 4.69) is 24.8 Å². The van der Waals surface area contributed by atoms with Crippen molar-refractivity contribution in [2.75, 3.05) is 7.11 Å². The number of ether oxygens (including phenoxy) is 1. The summed E-state index contributed by atoms with van der Waals surface area (Å²) in [5.74, 6) is 11.7. The van der Waals surface area contributed by atoms with Gasteiger partial charge >= 0.3 is 0 Å². The van der Waals surface area contributed by atoms with Gasteiger partial charge in [-0.15, -0.1) is 0 Å².